The van der Waals surface area contributed by atoms with Crippen LogP contribution in [0.4, 0.5) is 5.69 Å². The molecule has 0 spiro atoms. The van der Waals surface area contributed by atoms with Crippen LogP contribution in [0.1, 0.15) is 11.1 Å². The summed E-state index contributed by atoms with van der Waals surface area (Å²) in [5.74, 6) is 0. The van der Waals surface area contributed by atoms with Crippen molar-refractivity contribution in [1.29, 1.82) is 0 Å². The Labute approximate surface area is 76.9 Å². The largest absolute Gasteiger partial charge is 0.367 e. The normalized spacial score (nSPS) is 18.6. The van der Waals surface area contributed by atoms with Gasteiger partial charge in [0, 0.05) is 23.8 Å². The van der Waals surface area contributed by atoms with E-state index in [4.69, 9.17) is 11.6 Å². The molecule has 1 aromatic rings. The number of halogens is 1. The monoisotopic (exact) mass is 179 g/mol. The molecule has 1 fully saturated rings. The highest BCUT2D eigenvalue weighted by Crippen LogP contribution is 2.40. The van der Waals surface area contributed by atoms with Gasteiger partial charge in [0.25, 0.3) is 0 Å². The molecule has 0 atom stereocenters. The standard InChI is InChI=1S/C10H10ClN/c11-9-4-2-7-1-3-8(9)10(7)12-5-6-12/h2,4H,1,3,5-6H2. The van der Waals surface area contributed by atoms with E-state index in [0.29, 0.717) is 0 Å². The second-order valence-electron chi connectivity index (χ2n) is 3.52. The predicted octanol–water partition coefficient (Wildman–Crippen LogP) is 2.26. The summed E-state index contributed by atoms with van der Waals surface area (Å²) in [5.41, 5.74) is 4.32. The molecule has 0 aromatic heterocycles. The molecule has 62 valence electrons. The van der Waals surface area contributed by atoms with Gasteiger partial charge in [-0.2, -0.15) is 0 Å². The lowest BCUT2D eigenvalue weighted by molar-refractivity contribution is 1.03. The third kappa shape index (κ3) is 0.802. The van der Waals surface area contributed by atoms with Gasteiger partial charge in [0.05, 0.1) is 0 Å². The van der Waals surface area contributed by atoms with Crippen LogP contribution in [-0.2, 0) is 12.8 Å². The molecule has 0 unspecified atom stereocenters. The molecule has 1 aliphatic heterocycles. The molecule has 1 aromatic carbocycles. The fraction of sp³-hybridized carbons (Fsp3) is 0.400. The van der Waals surface area contributed by atoms with Crippen LogP contribution >= 0.6 is 11.6 Å². The van der Waals surface area contributed by atoms with Gasteiger partial charge in [-0.1, -0.05) is 17.7 Å². The van der Waals surface area contributed by atoms with E-state index in [0.717, 1.165) is 11.4 Å². The van der Waals surface area contributed by atoms with Crippen LogP contribution in [0.25, 0.3) is 0 Å². The molecule has 2 bridgehead atoms. The lowest BCUT2D eigenvalue weighted by atomic mass is 10.2. The molecule has 3 rings (SSSR count). The third-order valence-corrected chi connectivity index (χ3v) is 3.07. The molecule has 1 aliphatic carbocycles. The van der Waals surface area contributed by atoms with Crippen LogP contribution in [0.15, 0.2) is 12.1 Å². The number of fused-ring (bicyclic) bond motifs is 2. The van der Waals surface area contributed by atoms with Crippen LogP contribution in [0.3, 0.4) is 0 Å². The summed E-state index contributed by atoms with van der Waals surface area (Å²) in [7, 11) is 0. The van der Waals surface area contributed by atoms with E-state index >= 15 is 0 Å². The maximum absolute atomic E-state index is 6.11. The first kappa shape index (κ1) is 6.79. The number of hydrogen-bond acceptors (Lipinski definition) is 1. The number of benzene rings is 1. The minimum atomic E-state index is 0.957. The quantitative estimate of drug-likeness (QED) is 0.598. The molecular weight excluding hydrogens is 170 g/mol. The molecule has 2 aliphatic rings. The van der Waals surface area contributed by atoms with Crippen LogP contribution in [0.5, 0.6) is 0 Å². The maximum atomic E-state index is 6.11. The van der Waals surface area contributed by atoms with Crippen molar-refractivity contribution in [2.45, 2.75) is 12.8 Å². The molecule has 1 saturated heterocycles. The van der Waals surface area contributed by atoms with E-state index in [9.17, 15) is 0 Å². The summed E-state index contributed by atoms with van der Waals surface area (Å²) in [6.45, 7) is 2.45. The van der Waals surface area contributed by atoms with Crippen molar-refractivity contribution in [3.05, 3.63) is 28.3 Å². The average molecular weight is 180 g/mol. The average Bonchev–Trinajstić information content (AvgIpc) is 2.84. The molecule has 1 nitrogen and oxygen atoms in total. The summed E-state index contributed by atoms with van der Waals surface area (Å²) >= 11 is 6.11. The van der Waals surface area contributed by atoms with Gasteiger partial charge in [-0.05, 0) is 30.0 Å². The van der Waals surface area contributed by atoms with Crippen LogP contribution in [0.2, 0.25) is 5.02 Å². The van der Waals surface area contributed by atoms with Crippen molar-refractivity contribution in [2.24, 2.45) is 0 Å². The van der Waals surface area contributed by atoms with Gasteiger partial charge < -0.3 is 4.90 Å². The Balaban J connectivity index is 2.23. The van der Waals surface area contributed by atoms with Gasteiger partial charge >= 0.3 is 0 Å². The Morgan fingerprint density at radius 2 is 2.00 bits per heavy atom. The van der Waals surface area contributed by atoms with Gasteiger partial charge in [0.1, 0.15) is 0 Å². The summed E-state index contributed by atoms with van der Waals surface area (Å²) in [6, 6.07) is 4.21. The highest BCUT2D eigenvalue weighted by molar-refractivity contribution is 6.32. The maximum Gasteiger partial charge on any atom is 0.0458 e. The molecule has 12 heavy (non-hydrogen) atoms. The van der Waals surface area contributed by atoms with E-state index in [1.165, 1.54) is 36.3 Å². The first-order valence-electron chi connectivity index (χ1n) is 4.41. The molecule has 0 N–H and O–H groups in total. The minimum absolute atomic E-state index is 0.957. The van der Waals surface area contributed by atoms with Crippen LogP contribution in [0, 0.1) is 0 Å². The number of aryl methyl sites for hydroxylation is 1. The fourth-order valence-corrected chi connectivity index (χ4v) is 2.27. The number of rotatable bonds is 1. The van der Waals surface area contributed by atoms with Gasteiger partial charge in [0.2, 0.25) is 0 Å². The number of anilines is 1. The van der Waals surface area contributed by atoms with Crippen molar-refractivity contribution in [3.63, 3.8) is 0 Å². The van der Waals surface area contributed by atoms with E-state index < -0.39 is 0 Å². The highest BCUT2D eigenvalue weighted by atomic mass is 35.5. The SMILES string of the molecule is Clc1ccc2c(N3CC3)c1CC2. The number of nitrogens with zero attached hydrogens (tertiary/aromatic N) is 1. The number of hydrogen-bond donors (Lipinski definition) is 0. The van der Waals surface area contributed by atoms with E-state index in [1.54, 1.807) is 0 Å². The summed E-state index contributed by atoms with van der Waals surface area (Å²) in [4.78, 5) is 2.41. The Bertz CT molecular complexity index is 342. The molecule has 0 amide bonds. The summed E-state index contributed by atoms with van der Waals surface area (Å²) in [6.07, 6.45) is 2.33. The van der Waals surface area contributed by atoms with Crippen LogP contribution < -0.4 is 4.90 Å². The zero-order valence-corrected chi connectivity index (χ0v) is 7.56. The highest BCUT2D eigenvalue weighted by Gasteiger charge is 2.28. The smallest absolute Gasteiger partial charge is 0.0458 e. The predicted molar refractivity (Wildman–Crippen MR) is 51.1 cm³/mol. The van der Waals surface area contributed by atoms with E-state index in [1.807, 2.05) is 6.07 Å². The van der Waals surface area contributed by atoms with Crippen molar-refractivity contribution < 1.29 is 0 Å². The zero-order chi connectivity index (χ0) is 8.13. The minimum Gasteiger partial charge on any atom is -0.367 e. The van der Waals surface area contributed by atoms with Crippen molar-refractivity contribution in [2.75, 3.05) is 18.0 Å². The van der Waals surface area contributed by atoms with E-state index in [-0.39, 0.29) is 0 Å². The second kappa shape index (κ2) is 2.17. The second-order valence-corrected chi connectivity index (χ2v) is 3.93. The molecule has 1 heterocycles. The van der Waals surface area contributed by atoms with Crippen molar-refractivity contribution in [3.8, 4) is 0 Å². The van der Waals surface area contributed by atoms with Gasteiger partial charge in [-0.3, -0.25) is 0 Å². The molecule has 0 radical (unpaired) electrons. The van der Waals surface area contributed by atoms with Crippen molar-refractivity contribution in [1.82, 2.24) is 0 Å². The van der Waals surface area contributed by atoms with Gasteiger partial charge in [0.15, 0.2) is 0 Å². The Morgan fingerprint density at radius 1 is 1.17 bits per heavy atom. The van der Waals surface area contributed by atoms with Crippen LogP contribution in [-0.4, -0.2) is 13.1 Å². The van der Waals surface area contributed by atoms with Crippen molar-refractivity contribution >= 4 is 17.3 Å². The fourth-order valence-electron chi connectivity index (χ4n) is 2.03. The van der Waals surface area contributed by atoms with Gasteiger partial charge in [-0.25, -0.2) is 0 Å². The third-order valence-electron chi connectivity index (χ3n) is 2.72. The lowest BCUT2D eigenvalue weighted by Crippen LogP contribution is -1.94. The Kier molecular flexibility index (Phi) is 1.23. The Hall–Kier alpha value is -0.690. The summed E-state index contributed by atoms with van der Waals surface area (Å²) < 4.78 is 0. The molecule has 2 heteroatoms. The lowest BCUT2D eigenvalue weighted by Gasteiger charge is -2.07. The molecular formula is C10H10ClN. The Morgan fingerprint density at radius 3 is 2.75 bits per heavy atom. The topological polar surface area (TPSA) is 3.01 Å². The summed E-state index contributed by atoms with van der Waals surface area (Å²) in [5, 5.41) is 0.957. The first-order valence-corrected chi connectivity index (χ1v) is 4.79. The molecule has 0 saturated carbocycles. The first-order chi connectivity index (χ1) is 5.86. The van der Waals surface area contributed by atoms with Gasteiger partial charge in [-0.15, -0.1) is 0 Å². The van der Waals surface area contributed by atoms with E-state index in [2.05, 4.69) is 11.0 Å². The zero-order valence-electron chi connectivity index (χ0n) is 6.81.